The number of imidazole rings is 1. The van der Waals surface area contributed by atoms with Crippen molar-refractivity contribution in [3.8, 4) is 0 Å². The van der Waals surface area contributed by atoms with Crippen LogP contribution in [0.25, 0.3) is 0 Å². The SMILES string of the molecule is CCCc1nc(C(=O)OC(C)(C)C)c(CO)[nH]1. The monoisotopic (exact) mass is 240 g/mol. The fourth-order valence-electron chi connectivity index (χ4n) is 1.43. The molecule has 2 N–H and O–H groups in total. The van der Waals surface area contributed by atoms with Gasteiger partial charge in [0, 0.05) is 6.42 Å². The molecule has 0 aliphatic carbocycles. The number of hydrogen-bond acceptors (Lipinski definition) is 4. The van der Waals surface area contributed by atoms with Crippen LogP contribution >= 0.6 is 0 Å². The Bertz CT molecular complexity index is 391. The number of aryl methyl sites for hydroxylation is 1. The van der Waals surface area contributed by atoms with Gasteiger partial charge in [-0.1, -0.05) is 6.92 Å². The Morgan fingerprint density at radius 1 is 1.47 bits per heavy atom. The van der Waals surface area contributed by atoms with Crippen LogP contribution in [-0.4, -0.2) is 26.6 Å². The highest BCUT2D eigenvalue weighted by Gasteiger charge is 2.23. The van der Waals surface area contributed by atoms with Gasteiger partial charge in [-0.2, -0.15) is 0 Å². The van der Waals surface area contributed by atoms with E-state index < -0.39 is 11.6 Å². The Kier molecular flexibility index (Phi) is 4.28. The van der Waals surface area contributed by atoms with Crippen molar-refractivity contribution in [2.45, 2.75) is 52.7 Å². The molecule has 1 heterocycles. The van der Waals surface area contributed by atoms with Crippen LogP contribution < -0.4 is 0 Å². The second-order valence-electron chi connectivity index (χ2n) is 4.92. The number of aliphatic hydroxyl groups is 1. The number of ether oxygens (including phenoxy) is 1. The molecule has 0 aliphatic heterocycles. The van der Waals surface area contributed by atoms with Gasteiger partial charge < -0.3 is 14.8 Å². The lowest BCUT2D eigenvalue weighted by molar-refractivity contribution is 0.00601. The van der Waals surface area contributed by atoms with Gasteiger partial charge in [0.05, 0.1) is 12.3 Å². The quantitative estimate of drug-likeness (QED) is 0.787. The van der Waals surface area contributed by atoms with Gasteiger partial charge in [-0.05, 0) is 27.2 Å². The van der Waals surface area contributed by atoms with Gasteiger partial charge in [0.15, 0.2) is 5.69 Å². The minimum absolute atomic E-state index is 0.186. The van der Waals surface area contributed by atoms with Gasteiger partial charge >= 0.3 is 5.97 Å². The van der Waals surface area contributed by atoms with E-state index >= 15 is 0 Å². The molecule has 0 aliphatic rings. The average molecular weight is 240 g/mol. The molecule has 0 saturated heterocycles. The second-order valence-corrected chi connectivity index (χ2v) is 4.92. The number of carbonyl (C=O) groups is 1. The fourth-order valence-corrected chi connectivity index (χ4v) is 1.43. The number of nitrogens with zero attached hydrogens (tertiary/aromatic N) is 1. The van der Waals surface area contributed by atoms with E-state index in [1.165, 1.54) is 0 Å². The van der Waals surface area contributed by atoms with E-state index in [0.717, 1.165) is 12.8 Å². The second kappa shape index (κ2) is 5.31. The minimum atomic E-state index is -0.562. The van der Waals surface area contributed by atoms with Crippen molar-refractivity contribution < 1.29 is 14.6 Å². The van der Waals surface area contributed by atoms with E-state index in [1.807, 2.05) is 6.92 Å². The highest BCUT2D eigenvalue weighted by atomic mass is 16.6. The molecule has 0 amide bonds. The molecule has 0 aromatic carbocycles. The number of nitrogens with one attached hydrogen (secondary N) is 1. The fraction of sp³-hybridized carbons (Fsp3) is 0.667. The molecule has 5 heteroatoms. The molecule has 0 bridgehead atoms. The summed E-state index contributed by atoms with van der Waals surface area (Å²) in [5.41, 5.74) is 0.0433. The van der Waals surface area contributed by atoms with Crippen LogP contribution in [0.1, 0.15) is 56.1 Å². The summed E-state index contributed by atoms with van der Waals surface area (Å²) in [5, 5.41) is 9.17. The van der Waals surface area contributed by atoms with E-state index in [2.05, 4.69) is 9.97 Å². The van der Waals surface area contributed by atoms with Crippen LogP contribution in [0.2, 0.25) is 0 Å². The largest absolute Gasteiger partial charge is 0.455 e. The van der Waals surface area contributed by atoms with E-state index in [9.17, 15) is 4.79 Å². The number of carbonyl (C=O) groups excluding carboxylic acids is 1. The van der Waals surface area contributed by atoms with Crippen molar-refractivity contribution in [1.29, 1.82) is 0 Å². The standard InChI is InChI=1S/C12H20N2O3/c1-5-6-9-13-8(7-15)10(14-9)11(16)17-12(2,3)4/h15H,5-7H2,1-4H3,(H,13,14). The van der Waals surface area contributed by atoms with Gasteiger partial charge in [-0.3, -0.25) is 0 Å². The number of aromatic nitrogens is 2. The molecular weight excluding hydrogens is 220 g/mol. The number of aromatic amines is 1. The lowest BCUT2D eigenvalue weighted by atomic mass is 10.2. The molecular formula is C12H20N2O3. The summed E-state index contributed by atoms with van der Waals surface area (Å²) in [6.45, 7) is 7.16. The maximum Gasteiger partial charge on any atom is 0.359 e. The van der Waals surface area contributed by atoms with Gasteiger partial charge in [0.2, 0.25) is 0 Å². The predicted molar refractivity (Wildman–Crippen MR) is 63.7 cm³/mol. The first-order chi connectivity index (χ1) is 7.87. The molecule has 1 rings (SSSR count). The average Bonchev–Trinajstić information content (AvgIpc) is 2.59. The summed E-state index contributed by atoms with van der Waals surface area (Å²) in [5.74, 6) is 0.206. The van der Waals surface area contributed by atoms with E-state index in [1.54, 1.807) is 20.8 Å². The molecule has 1 aromatic rings. The molecule has 5 nitrogen and oxygen atoms in total. The summed E-state index contributed by atoms with van der Waals surface area (Å²) in [7, 11) is 0. The maximum atomic E-state index is 11.8. The molecule has 96 valence electrons. The normalized spacial score (nSPS) is 11.6. The number of rotatable bonds is 4. The van der Waals surface area contributed by atoms with E-state index in [4.69, 9.17) is 9.84 Å². The molecule has 1 aromatic heterocycles. The summed E-state index contributed by atoms with van der Waals surface area (Å²) >= 11 is 0. The molecule has 0 atom stereocenters. The van der Waals surface area contributed by atoms with Crippen molar-refractivity contribution in [3.05, 3.63) is 17.2 Å². The zero-order valence-corrected chi connectivity index (χ0v) is 10.8. The lowest BCUT2D eigenvalue weighted by Gasteiger charge is -2.18. The van der Waals surface area contributed by atoms with Gasteiger partial charge in [-0.25, -0.2) is 9.78 Å². The predicted octanol–water partition coefficient (Wildman–Crippen LogP) is 1.81. The zero-order valence-electron chi connectivity index (χ0n) is 10.8. The summed E-state index contributed by atoms with van der Waals surface area (Å²) in [6.07, 6.45) is 1.67. The highest BCUT2D eigenvalue weighted by Crippen LogP contribution is 2.14. The lowest BCUT2D eigenvalue weighted by Crippen LogP contribution is -2.24. The van der Waals surface area contributed by atoms with Gasteiger partial charge in [0.25, 0.3) is 0 Å². The third-order valence-electron chi connectivity index (χ3n) is 2.06. The molecule has 0 saturated carbocycles. The number of esters is 1. The Hall–Kier alpha value is -1.36. The van der Waals surface area contributed by atoms with Crippen molar-refractivity contribution in [3.63, 3.8) is 0 Å². The van der Waals surface area contributed by atoms with E-state index in [0.29, 0.717) is 11.5 Å². The Balaban J connectivity index is 2.91. The van der Waals surface area contributed by atoms with E-state index in [-0.39, 0.29) is 12.3 Å². The van der Waals surface area contributed by atoms with Crippen molar-refractivity contribution in [1.82, 2.24) is 9.97 Å². The first-order valence-corrected chi connectivity index (χ1v) is 5.79. The summed E-state index contributed by atoms with van der Waals surface area (Å²) in [6, 6.07) is 0. The van der Waals surface area contributed by atoms with Crippen LogP contribution in [0.3, 0.4) is 0 Å². The first-order valence-electron chi connectivity index (χ1n) is 5.79. The Labute approximate surface area is 101 Å². The third-order valence-corrected chi connectivity index (χ3v) is 2.06. The van der Waals surface area contributed by atoms with Crippen LogP contribution in [-0.2, 0) is 17.8 Å². The number of aliphatic hydroxyl groups excluding tert-OH is 1. The molecule has 0 fully saturated rings. The van der Waals surface area contributed by atoms with Crippen molar-refractivity contribution >= 4 is 5.97 Å². The third kappa shape index (κ3) is 3.85. The molecule has 0 radical (unpaired) electrons. The van der Waals surface area contributed by atoms with Crippen molar-refractivity contribution in [2.24, 2.45) is 0 Å². The van der Waals surface area contributed by atoms with Crippen molar-refractivity contribution in [2.75, 3.05) is 0 Å². The number of hydrogen-bond donors (Lipinski definition) is 2. The Morgan fingerprint density at radius 2 is 2.12 bits per heavy atom. The van der Waals surface area contributed by atoms with Crippen LogP contribution in [0.5, 0.6) is 0 Å². The summed E-state index contributed by atoms with van der Waals surface area (Å²) in [4.78, 5) is 18.9. The molecule has 0 unspecified atom stereocenters. The van der Waals surface area contributed by atoms with Gasteiger partial charge in [0.1, 0.15) is 11.4 Å². The number of H-pyrrole nitrogens is 1. The van der Waals surface area contributed by atoms with Crippen LogP contribution in [0, 0.1) is 0 Å². The smallest absolute Gasteiger partial charge is 0.359 e. The first kappa shape index (κ1) is 13.7. The Morgan fingerprint density at radius 3 is 2.59 bits per heavy atom. The van der Waals surface area contributed by atoms with Crippen LogP contribution in [0.4, 0.5) is 0 Å². The molecule has 17 heavy (non-hydrogen) atoms. The van der Waals surface area contributed by atoms with Gasteiger partial charge in [-0.15, -0.1) is 0 Å². The summed E-state index contributed by atoms with van der Waals surface area (Å²) < 4.78 is 5.23. The molecule has 0 spiro atoms. The maximum absolute atomic E-state index is 11.8. The topological polar surface area (TPSA) is 75.2 Å². The highest BCUT2D eigenvalue weighted by molar-refractivity contribution is 5.88. The zero-order chi connectivity index (χ0) is 13.1. The van der Waals surface area contributed by atoms with Crippen LogP contribution in [0.15, 0.2) is 0 Å². The minimum Gasteiger partial charge on any atom is -0.455 e.